The van der Waals surface area contributed by atoms with E-state index in [0.29, 0.717) is 41.7 Å². The summed E-state index contributed by atoms with van der Waals surface area (Å²) in [5.74, 6) is 0.375. The number of amides is 2. The molecule has 0 radical (unpaired) electrons. The number of fused-ring (bicyclic) bond motifs is 1. The van der Waals surface area contributed by atoms with Crippen LogP contribution in [0.4, 0.5) is 10.2 Å². The van der Waals surface area contributed by atoms with Gasteiger partial charge in [0.2, 0.25) is 11.8 Å². The standard InChI is InChI=1S/C32H31FN4O4S/c1-40-25-14-12-24(13-15-25)37-32-29(30(35-37)21-7-3-2-4-8-21)31(22-9-5-10-23(33)17-22)42-20-28(39)36(32)19-27(38)34-18-26-11-6-16-41-26/h2-5,7-10,12-15,17,26,31H,6,11,16,18-20H2,1H3,(H,34,38)/t26-,31-/m0/s1. The van der Waals surface area contributed by atoms with Gasteiger partial charge in [-0.05, 0) is 54.8 Å². The highest BCUT2D eigenvalue weighted by Gasteiger charge is 2.38. The predicted molar refractivity (Wildman–Crippen MR) is 161 cm³/mol. The second-order valence-electron chi connectivity index (χ2n) is 10.2. The molecule has 0 spiro atoms. The first-order valence-corrected chi connectivity index (χ1v) is 14.9. The normalized spacial score (nSPS) is 18.4. The number of rotatable bonds is 8. The highest BCUT2D eigenvalue weighted by Crippen LogP contribution is 2.48. The molecule has 0 bridgehead atoms. The van der Waals surface area contributed by atoms with Crippen molar-refractivity contribution in [2.24, 2.45) is 0 Å². The Labute approximate surface area is 247 Å². The Morgan fingerprint density at radius 2 is 1.93 bits per heavy atom. The molecular weight excluding hydrogens is 555 g/mol. The zero-order chi connectivity index (χ0) is 29.1. The van der Waals surface area contributed by atoms with Crippen molar-refractivity contribution in [2.75, 3.05) is 37.5 Å². The number of nitrogens with zero attached hydrogens (tertiary/aromatic N) is 3. The molecule has 2 amide bonds. The van der Waals surface area contributed by atoms with Crippen molar-refractivity contribution in [2.45, 2.75) is 24.2 Å². The molecule has 2 aliphatic rings. The van der Waals surface area contributed by atoms with E-state index < -0.39 is 5.25 Å². The van der Waals surface area contributed by atoms with Crippen LogP contribution in [-0.2, 0) is 14.3 Å². The van der Waals surface area contributed by atoms with Crippen LogP contribution in [0, 0.1) is 5.82 Å². The Hall–Kier alpha value is -4.15. The van der Waals surface area contributed by atoms with Gasteiger partial charge in [-0.15, -0.1) is 11.8 Å². The molecule has 6 rings (SSSR count). The fourth-order valence-electron chi connectivity index (χ4n) is 5.40. The maximum absolute atomic E-state index is 14.5. The van der Waals surface area contributed by atoms with Gasteiger partial charge in [-0.2, -0.15) is 5.10 Å². The van der Waals surface area contributed by atoms with Crippen molar-refractivity contribution in [1.29, 1.82) is 0 Å². The summed E-state index contributed by atoms with van der Waals surface area (Å²) in [6, 6.07) is 23.5. The number of benzene rings is 3. The number of hydrogen-bond donors (Lipinski definition) is 1. The van der Waals surface area contributed by atoms with Crippen LogP contribution in [0.15, 0.2) is 78.9 Å². The lowest BCUT2D eigenvalue weighted by Crippen LogP contribution is -2.44. The summed E-state index contributed by atoms with van der Waals surface area (Å²) in [5.41, 5.74) is 3.65. The molecule has 0 unspecified atom stereocenters. The lowest BCUT2D eigenvalue weighted by molar-refractivity contribution is -0.123. The van der Waals surface area contributed by atoms with E-state index in [-0.39, 0.29) is 36.0 Å². The number of nitrogens with one attached hydrogen (secondary N) is 1. The van der Waals surface area contributed by atoms with E-state index in [1.165, 1.54) is 28.8 Å². The van der Waals surface area contributed by atoms with E-state index in [9.17, 15) is 14.0 Å². The Kier molecular flexibility index (Phi) is 8.25. The SMILES string of the molecule is COc1ccc(-n2nc(-c3ccccc3)c3c2N(CC(=O)NC[C@@H]2CCCO2)C(=O)CS[C@H]3c2cccc(F)c2)cc1. The third kappa shape index (κ3) is 5.77. The van der Waals surface area contributed by atoms with Gasteiger partial charge in [0, 0.05) is 24.3 Å². The molecule has 0 saturated carbocycles. The Morgan fingerprint density at radius 1 is 1.12 bits per heavy atom. The molecule has 0 aliphatic carbocycles. The maximum atomic E-state index is 14.5. The quantitative estimate of drug-likeness (QED) is 0.307. The molecule has 3 heterocycles. The van der Waals surface area contributed by atoms with Crippen LogP contribution >= 0.6 is 11.8 Å². The summed E-state index contributed by atoms with van der Waals surface area (Å²) >= 11 is 1.40. The smallest absolute Gasteiger partial charge is 0.240 e. The van der Waals surface area contributed by atoms with Crippen LogP contribution in [0.25, 0.3) is 16.9 Å². The molecule has 42 heavy (non-hydrogen) atoms. The first-order chi connectivity index (χ1) is 20.5. The average Bonchev–Trinajstić information content (AvgIpc) is 3.65. The van der Waals surface area contributed by atoms with Gasteiger partial charge in [0.05, 0.1) is 35.6 Å². The Morgan fingerprint density at radius 3 is 2.64 bits per heavy atom. The number of hydrogen-bond acceptors (Lipinski definition) is 6. The van der Waals surface area contributed by atoms with E-state index in [1.807, 2.05) is 60.7 Å². The number of ether oxygens (including phenoxy) is 2. The van der Waals surface area contributed by atoms with Crippen molar-refractivity contribution < 1.29 is 23.5 Å². The molecule has 1 N–H and O–H groups in total. The van der Waals surface area contributed by atoms with Crippen molar-refractivity contribution in [3.05, 3.63) is 95.8 Å². The van der Waals surface area contributed by atoms with Crippen molar-refractivity contribution in [3.8, 4) is 22.7 Å². The Bertz CT molecular complexity index is 1570. The molecule has 3 aromatic carbocycles. The fraction of sp³-hybridized carbons (Fsp3) is 0.281. The van der Waals surface area contributed by atoms with E-state index in [4.69, 9.17) is 14.6 Å². The number of aromatic nitrogens is 2. The minimum absolute atomic E-state index is 0.0215. The zero-order valence-corrected chi connectivity index (χ0v) is 24.0. The van der Waals surface area contributed by atoms with Gasteiger partial charge in [0.25, 0.3) is 0 Å². The maximum Gasteiger partial charge on any atom is 0.240 e. The minimum Gasteiger partial charge on any atom is -0.497 e. The lowest BCUT2D eigenvalue weighted by atomic mass is 9.99. The van der Waals surface area contributed by atoms with Crippen molar-refractivity contribution in [3.63, 3.8) is 0 Å². The van der Waals surface area contributed by atoms with Crippen LogP contribution in [0.2, 0.25) is 0 Å². The van der Waals surface area contributed by atoms with Crippen LogP contribution < -0.4 is 15.0 Å². The van der Waals surface area contributed by atoms with Crippen LogP contribution in [0.3, 0.4) is 0 Å². The molecule has 2 aliphatic heterocycles. The van der Waals surface area contributed by atoms with E-state index in [0.717, 1.165) is 24.0 Å². The van der Waals surface area contributed by atoms with Gasteiger partial charge in [0.15, 0.2) is 0 Å². The second-order valence-corrected chi connectivity index (χ2v) is 11.3. The molecule has 216 valence electrons. The monoisotopic (exact) mass is 586 g/mol. The molecule has 1 saturated heterocycles. The molecule has 10 heteroatoms. The summed E-state index contributed by atoms with van der Waals surface area (Å²) in [4.78, 5) is 28.6. The molecular formula is C32H31FN4O4S. The second kappa shape index (κ2) is 12.4. The summed E-state index contributed by atoms with van der Waals surface area (Å²) < 4.78 is 27.2. The molecule has 2 atom stereocenters. The van der Waals surface area contributed by atoms with Gasteiger partial charge < -0.3 is 14.8 Å². The molecule has 8 nitrogen and oxygen atoms in total. The first kappa shape index (κ1) is 28.0. The van der Waals surface area contributed by atoms with Crippen molar-refractivity contribution >= 4 is 29.4 Å². The number of halogens is 1. The fourth-order valence-corrected chi connectivity index (χ4v) is 6.59. The molecule has 1 aromatic heterocycles. The summed E-state index contributed by atoms with van der Waals surface area (Å²) in [6.45, 7) is 0.892. The lowest BCUT2D eigenvalue weighted by Gasteiger charge is -2.23. The van der Waals surface area contributed by atoms with Gasteiger partial charge in [-0.25, -0.2) is 9.07 Å². The minimum atomic E-state index is -0.415. The first-order valence-electron chi connectivity index (χ1n) is 13.9. The third-order valence-electron chi connectivity index (χ3n) is 7.46. The average molecular weight is 587 g/mol. The highest BCUT2D eigenvalue weighted by atomic mass is 32.2. The number of anilines is 1. The number of thioether (sulfide) groups is 1. The van der Waals surface area contributed by atoms with E-state index in [2.05, 4.69) is 5.32 Å². The van der Waals surface area contributed by atoms with E-state index >= 15 is 0 Å². The van der Waals surface area contributed by atoms with Crippen LogP contribution in [-0.4, -0.2) is 60.3 Å². The molecule has 1 fully saturated rings. The van der Waals surface area contributed by atoms with E-state index in [1.54, 1.807) is 17.9 Å². The summed E-state index contributed by atoms with van der Waals surface area (Å²) in [5, 5.41) is 7.58. The number of methoxy groups -OCH3 is 1. The van der Waals surface area contributed by atoms with Gasteiger partial charge >= 0.3 is 0 Å². The van der Waals surface area contributed by atoms with Gasteiger partial charge in [-0.3, -0.25) is 14.5 Å². The van der Waals surface area contributed by atoms with Gasteiger partial charge in [0.1, 0.15) is 23.9 Å². The molecule has 4 aromatic rings. The van der Waals surface area contributed by atoms with Gasteiger partial charge in [-0.1, -0.05) is 42.5 Å². The van der Waals surface area contributed by atoms with Crippen LogP contribution in [0.5, 0.6) is 5.75 Å². The zero-order valence-electron chi connectivity index (χ0n) is 23.2. The largest absolute Gasteiger partial charge is 0.497 e. The topological polar surface area (TPSA) is 85.7 Å². The Balaban J connectivity index is 1.51. The number of carbonyl (C=O) groups excluding carboxylic acids is 2. The summed E-state index contributed by atoms with van der Waals surface area (Å²) in [6.07, 6.45) is 1.84. The third-order valence-corrected chi connectivity index (χ3v) is 8.71. The summed E-state index contributed by atoms with van der Waals surface area (Å²) in [7, 11) is 1.60. The predicted octanol–water partition coefficient (Wildman–Crippen LogP) is 5.15. The highest BCUT2D eigenvalue weighted by molar-refractivity contribution is 8.00. The van der Waals surface area contributed by atoms with Crippen LogP contribution in [0.1, 0.15) is 29.2 Å². The van der Waals surface area contributed by atoms with Crippen molar-refractivity contribution in [1.82, 2.24) is 15.1 Å². The number of carbonyl (C=O) groups is 2.